The maximum Gasteiger partial charge on any atom is 2.00 e. The molecule has 9 heteroatoms. The molecule has 0 radical (unpaired) electrons. The van der Waals surface area contributed by atoms with Gasteiger partial charge in [0.05, 0.1) is 9.79 Å². The van der Waals surface area contributed by atoms with Crippen molar-refractivity contribution in [3.8, 4) is 0 Å². The molecule has 0 fully saturated rings. The van der Waals surface area contributed by atoms with Crippen LogP contribution < -0.4 is 0 Å². The van der Waals surface area contributed by atoms with Gasteiger partial charge in [0.15, 0.2) is 0 Å². The molecule has 0 aliphatic rings. The Morgan fingerprint density at radius 1 is 0.541 bits per heavy atom. The van der Waals surface area contributed by atoms with E-state index in [1.54, 1.807) is 12.1 Å². The molecular weight excluding hydrogens is 537 g/mol. The molecule has 4 aromatic carbocycles. The molecule has 6 nitrogen and oxygen atoms in total. The number of hydrogen-bond acceptors (Lipinski definition) is 6. The Bertz CT molecular complexity index is 1500. The van der Waals surface area contributed by atoms with Crippen molar-refractivity contribution >= 4 is 79.5 Å². The topological polar surface area (TPSA) is 114 Å². The van der Waals surface area contributed by atoms with Gasteiger partial charge in [-0.3, -0.25) is 0 Å². The molecule has 37 heavy (non-hydrogen) atoms. The minimum atomic E-state index is -4.41. The zero-order chi connectivity index (χ0) is 26.7. The summed E-state index contributed by atoms with van der Waals surface area (Å²) < 4.78 is 67.5. The standard InChI is InChI=1S/2C14H16O3S.Ca/c2*1-3-10-5-6-11-7-8-14(18(15,16)17)12(4-2)13(11)9-10;/h2*5-9H,3-4H2,1-2H3,(H,15,16,17);/q;;+2/p-2. The first-order valence-electron chi connectivity index (χ1n) is 11.9. The Hall–Kier alpha value is -1.52. The molecule has 0 heterocycles. The van der Waals surface area contributed by atoms with Crippen molar-refractivity contribution in [3.63, 3.8) is 0 Å². The third kappa shape index (κ3) is 7.32. The molecule has 0 amide bonds. The summed E-state index contributed by atoms with van der Waals surface area (Å²) in [6, 6.07) is 18.1. The second-order valence-electron chi connectivity index (χ2n) is 8.52. The van der Waals surface area contributed by atoms with Crippen LogP contribution in [0.2, 0.25) is 0 Å². The molecule has 0 spiro atoms. The van der Waals surface area contributed by atoms with Crippen LogP contribution in [0.3, 0.4) is 0 Å². The van der Waals surface area contributed by atoms with Crippen LogP contribution in [0.1, 0.15) is 49.9 Å². The predicted octanol–water partition coefficient (Wildman–Crippen LogP) is 5.36. The Balaban J connectivity index is 0.000000253. The molecule has 4 aromatic rings. The third-order valence-corrected chi connectivity index (χ3v) is 8.21. The number of aryl methyl sites for hydroxylation is 4. The van der Waals surface area contributed by atoms with Crippen molar-refractivity contribution in [1.29, 1.82) is 0 Å². The van der Waals surface area contributed by atoms with E-state index in [0.29, 0.717) is 24.0 Å². The molecule has 0 aliphatic heterocycles. The molecule has 0 N–H and O–H groups in total. The van der Waals surface area contributed by atoms with Crippen LogP contribution in [0.4, 0.5) is 0 Å². The Morgan fingerprint density at radius 3 is 1.14 bits per heavy atom. The van der Waals surface area contributed by atoms with E-state index in [1.165, 1.54) is 12.1 Å². The minimum absolute atomic E-state index is 0. The molecule has 0 unspecified atom stereocenters. The summed E-state index contributed by atoms with van der Waals surface area (Å²) in [6.45, 7) is 7.81. The van der Waals surface area contributed by atoms with E-state index in [-0.39, 0.29) is 47.5 Å². The fraction of sp³-hybridized carbons (Fsp3) is 0.286. The van der Waals surface area contributed by atoms with Crippen molar-refractivity contribution in [1.82, 2.24) is 0 Å². The SMILES string of the molecule is CCc1ccc2ccc(S(=O)(=O)[O-])c(CC)c2c1.CCc1ccc2ccc(S(=O)(=O)[O-])c(CC)c2c1.[Ca+2]. The largest absolute Gasteiger partial charge is 2.00 e. The first-order chi connectivity index (χ1) is 16.9. The predicted molar refractivity (Wildman–Crippen MR) is 147 cm³/mol. The van der Waals surface area contributed by atoms with Crippen LogP contribution in [0.5, 0.6) is 0 Å². The quantitative estimate of drug-likeness (QED) is 0.229. The normalized spacial score (nSPS) is 11.6. The van der Waals surface area contributed by atoms with Gasteiger partial charge in [-0.05, 0) is 81.6 Å². The van der Waals surface area contributed by atoms with E-state index in [0.717, 1.165) is 45.5 Å². The van der Waals surface area contributed by atoms with Gasteiger partial charge in [0.1, 0.15) is 20.2 Å². The van der Waals surface area contributed by atoms with Crippen molar-refractivity contribution in [3.05, 3.63) is 82.9 Å². The zero-order valence-corrected chi connectivity index (χ0v) is 25.4. The van der Waals surface area contributed by atoms with Crippen molar-refractivity contribution in [2.45, 2.75) is 63.2 Å². The number of hydrogen-bond donors (Lipinski definition) is 0. The Kier molecular flexibility index (Phi) is 11.2. The number of rotatable bonds is 6. The van der Waals surface area contributed by atoms with Crippen LogP contribution in [-0.4, -0.2) is 63.7 Å². The van der Waals surface area contributed by atoms with Gasteiger partial charge in [-0.2, -0.15) is 0 Å². The van der Waals surface area contributed by atoms with Gasteiger partial charge in [0.25, 0.3) is 0 Å². The summed E-state index contributed by atoms with van der Waals surface area (Å²) in [5, 5.41) is 3.68. The molecule has 0 atom stereocenters. The van der Waals surface area contributed by atoms with Crippen LogP contribution in [0, 0.1) is 0 Å². The van der Waals surface area contributed by atoms with Gasteiger partial charge >= 0.3 is 37.7 Å². The van der Waals surface area contributed by atoms with E-state index in [2.05, 4.69) is 0 Å². The first kappa shape index (κ1) is 31.7. The summed E-state index contributed by atoms with van der Waals surface area (Å²) in [7, 11) is -8.81. The molecule has 4 rings (SSSR count). The average Bonchev–Trinajstić information content (AvgIpc) is 2.85. The Labute approximate surface area is 249 Å². The van der Waals surface area contributed by atoms with E-state index < -0.39 is 20.2 Å². The summed E-state index contributed by atoms with van der Waals surface area (Å²) in [5.74, 6) is 0. The van der Waals surface area contributed by atoms with E-state index >= 15 is 0 Å². The number of fused-ring (bicyclic) bond motifs is 2. The molecule has 0 saturated heterocycles. The van der Waals surface area contributed by atoms with E-state index in [1.807, 2.05) is 64.1 Å². The summed E-state index contributed by atoms with van der Waals surface area (Å²) in [4.78, 5) is -0.184. The second kappa shape index (κ2) is 13.0. The fourth-order valence-corrected chi connectivity index (χ4v) is 6.04. The van der Waals surface area contributed by atoms with E-state index in [4.69, 9.17) is 0 Å². The molecule has 0 bridgehead atoms. The summed E-state index contributed by atoms with van der Waals surface area (Å²) in [5.41, 5.74) is 3.52. The molecule has 0 aromatic heterocycles. The Morgan fingerprint density at radius 2 is 0.865 bits per heavy atom. The monoisotopic (exact) mass is 566 g/mol. The zero-order valence-electron chi connectivity index (χ0n) is 21.6. The van der Waals surface area contributed by atoms with Crippen LogP contribution in [0.15, 0.2) is 70.5 Å². The smallest absolute Gasteiger partial charge is 0.744 e. The van der Waals surface area contributed by atoms with Gasteiger partial charge in [-0.1, -0.05) is 76.2 Å². The molecule has 192 valence electrons. The third-order valence-electron chi connectivity index (χ3n) is 6.37. The first-order valence-corrected chi connectivity index (χ1v) is 14.8. The fourth-order valence-electron chi connectivity index (χ4n) is 4.46. The van der Waals surface area contributed by atoms with Gasteiger partial charge < -0.3 is 9.11 Å². The van der Waals surface area contributed by atoms with Crippen molar-refractivity contribution < 1.29 is 25.9 Å². The van der Waals surface area contributed by atoms with Gasteiger partial charge in [-0.15, -0.1) is 0 Å². The van der Waals surface area contributed by atoms with Gasteiger partial charge in [0.2, 0.25) is 0 Å². The van der Waals surface area contributed by atoms with Crippen LogP contribution in [0.25, 0.3) is 21.5 Å². The number of benzene rings is 4. The van der Waals surface area contributed by atoms with Gasteiger partial charge in [0, 0.05) is 0 Å². The van der Waals surface area contributed by atoms with Crippen LogP contribution in [-0.2, 0) is 45.9 Å². The second-order valence-corrected chi connectivity index (χ2v) is 11.2. The average molecular weight is 567 g/mol. The molecular formula is C28H30CaO6S2. The van der Waals surface area contributed by atoms with E-state index in [9.17, 15) is 25.9 Å². The van der Waals surface area contributed by atoms with Crippen LogP contribution >= 0.6 is 0 Å². The summed E-state index contributed by atoms with van der Waals surface area (Å²) >= 11 is 0. The molecule has 0 saturated carbocycles. The maximum atomic E-state index is 11.3. The van der Waals surface area contributed by atoms with Crippen molar-refractivity contribution in [2.75, 3.05) is 0 Å². The minimum Gasteiger partial charge on any atom is -0.744 e. The summed E-state index contributed by atoms with van der Waals surface area (Å²) in [6.07, 6.45) is 2.82. The van der Waals surface area contributed by atoms with Crippen molar-refractivity contribution in [2.24, 2.45) is 0 Å². The molecule has 0 aliphatic carbocycles. The maximum absolute atomic E-state index is 11.3. The van der Waals surface area contributed by atoms with Gasteiger partial charge in [-0.25, -0.2) is 16.8 Å².